The summed E-state index contributed by atoms with van der Waals surface area (Å²) in [7, 11) is 2.13. The van der Waals surface area contributed by atoms with Crippen LogP contribution in [-0.4, -0.2) is 56.5 Å². The molecule has 3 aromatic carbocycles. The highest BCUT2D eigenvalue weighted by molar-refractivity contribution is 5.99. The summed E-state index contributed by atoms with van der Waals surface area (Å²) < 4.78 is 5.74. The molecule has 1 saturated heterocycles. The molecule has 1 aliphatic heterocycles. The molecule has 1 fully saturated rings. The minimum Gasteiger partial charge on any atom is -0.457 e. The topological polar surface area (TPSA) is 73.9 Å². The molecule has 0 unspecified atom stereocenters. The zero-order chi connectivity index (χ0) is 23.9. The Morgan fingerprint density at radius 1 is 0.882 bits per heavy atom. The molecule has 0 atom stereocenters. The van der Waals surface area contributed by atoms with Crippen molar-refractivity contribution in [2.45, 2.75) is 6.92 Å². The summed E-state index contributed by atoms with van der Waals surface area (Å²) in [5.74, 6) is 0.774. The van der Waals surface area contributed by atoms with Gasteiger partial charge in [-0.2, -0.15) is 0 Å². The number of hydrogen-bond donors (Lipinski definition) is 2. The number of hydrogen-bond acceptors (Lipinski definition) is 5. The van der Waals surface area contributed by atoms with E-state index >= 15 is 0 Å². The van der Waals surface area contributed by atoms with Gasteiger partial charge in [0.1, 0.15) is 11.5 Å². The highest BCUT2D eigenvalue weighted by Crippen LogP contribution is 2.24. The Bertz CT molecular complexity index is 1120. The van der Waals surface area contributed by atoms with Crippen molar-refractivity contribution in [2.75, 3.05) is 50.0 Å². The molecular weight excluding hydrogens is 428 g/mol. The first-order chi connectivity index (χ1) is 16.5. The number of aryl methyl sites for hydroxylation is 1. The predicted molar refractivity (Wildman–Crippen MR) is 135 cm³/mol. The van der Waals surface area contributed by atoms with E-state index in [1.807, 2.05) is 49.4 Å². The summed E-state index contributed by atoms with van der Waals surface area (Å²) in [6.07, 6.45) is 0. The standard InChI is InChI=1S/C27H30N4O3/c1-20-18-22(31-16-14-30(2)15-17-31)10-13-25(20)29-26(32)19-28-27(33)21-8-11-24(12-9-21)34-23-6-4-3-5-7-23/h3-13,18H,14-17,19H2,1-2H3,(H,28,33)(H,29,32). The van der Waals surface area contributed by atoms with Gasteiger partial charge in [-0.05, 0) is 74.1 Å². The number of nitrogens with one attached hydrogen (secondary N) is 2. The number of ether oxygens (including phenoxy) is 1. The number of carbonyl (C=O) groups excluding carboxylic acids is 2. The van der Waals surface area contributed by atoms with Crippen molar-refractivity contribution in [3.05, 3.63) is 83.9 Å². The molecule has 0 bridgehead atoms. The Kier molecular flexibility index (Phi) is 7.44. The van der Waals surface area contributed by atoms with Crippen molar-refractivity contribution >= 4 is 23.2 Å². The lowest BCUT2D eigenvalue weighted by Gasteiger charge is -2.34. The molecule has 4 rings (SSSR count). The fraction of sp³-hybridized carbons (Fsp3) is 0.259. The van der Waals surface area contributed by atoms with Gasteiger partial charge >= 0.3 is 0 Å². The third-order valence-corrected chi connectivity index (χ3v) is 5.86. The highest BCUT2D eigenvalue weighted by Gasteiger charge is 2.15. The SMILES string of the molecule is Cc1cc(N2CCN(C)CC2)ccc1NC(=O)CNC(=O)c1ccc(Oc2ccccc2)cc1. The van der Waals surface area contributed by atoms with Crippen LogP contribution in [0.4, 0.5) is 11.4 Å². The van der Waals surface area contributed by atoms with E-state index in [1.54, 1.807) is 24.3 Å². The van der Waals surface area contributed by atoms with E-state index in [0.29, 0.717) is 11.3 Å². The summed E-state index contributed by atoms with van der Waals surface area (Å²) in [6.45, 7) is 5.94. The molecule has 0 aliphatic carbocycles. The van der Waals surface area contributed by atoms with Gasteiger partial charge in [-0.25, -0.2) is 0 Å². The minimum absolute atomic E-state index is 0.110. The number of piperazine rings is 1. The average molecular weight is 459 g/mol. The molecular formula is C27H30N4O3. The summed E-state index contributed by atoms with van der Waals surface area (Å²) in [5, 5.41) is 5.56. The van der Waals surface area contributed by atoms with E-state index in [1.165, 1.54) is 0 Å². The number of anilines is 2. The fourth-order valence-corrected chi connectivity index (χ4v) is 3.81. The number of nitrogens with zero attached hydrogens (tertiary/aromatic N) is 2. The lowest BCUT2D eigenvalue weighted by Crippen LogP contribution is -2.44. The van der Waals surface area contributed by atoms with Gasteiger partial charge in [-0.3, -0.25) is 9.59 Å². The largest absolute Gasteiger partial charge is 0.457 e. The van der Waals surface area contributed by atoms with Gasteiger partial charge in [0, 0.05) is 43.1 Å². The van der Waals surface area contributed by atoms with E-state index in [9.17, 15) is 9.59 Å². The first-order valence-electron chi connectivity index (χ1n) is 11.4. The Balaban J connectivity index is 1.27. The van der Waals surface area contributed by atoms with Crippen molar-refractivity contribution in [2.24, 2.45) is 0 Å². The molecule has 1 aliphatic rings. The van der Waals surface area contributed by atoms with Crippen molar-refractivity contribution in [1.29, 1.82) is 0 Å². The van der Waals surface area contributed by atoms with Gasteiger partial charge in [0.2, 0.25) is 5.91 Å². The van der Waals surface area contributed by atoms with E-state index in [4.69, 9.17) is 4.74 Å². The summed E-state index contributed by atoms with van der Waals surface area (Å²) in [5.41, 5.74) is 3.36. The first kappa shape index (κ1) is 23.3. The van der Waals surface area contributed by atoms with Gasteiger partial charge in [0.15, 0.2) is 0 Å². The molecule has 2 N–H and O–H groups in total. The van der Waals surface area contributed by atoms with Gasteiger partial charge in [0.25, 0.3) is 5.91 Å². The van der Waals surface area contributed by atoms with Crippen LogP contribution in [0, 0.1) is 6.92 Å². The van der Waals surface area contributed by atoms with Crippen LogP contribution >= 0.6 is 0 Å². The van der Waals surface area contributed by atoms with E-state index < -0.39 is 0 Å². The molecule has 0 radical (unpaired) electrons. The van der Waals surface area contributed by atoms with Crippen LogP contribution in [-0.2, 0) is 4.79 Å². The van der Waals surface area contributed by atoms with E-state index in [2.05, 4.69) is 33.5 Å². The second-order valence-corrected chi connectivity index (χ2v) is 8.46. The van der Waals surface area contributed by atoms with Crippen molar-refractivity contribution in [3.63, 3.8) is 0 Å². The van der Waals surface area contributed by atoms with Gasteiger partial charge in [-0.1, -0.05) is 18.2 Å². The Hall–Kier alpha value is -3.84. The van der Waals surface area contributed by atoms with E-state index in [-0.39, 0.29) is 18.4 Å². The van der Waals surface area contributed by atoms with E-state index in [0.717, 1.165) is 48.9 Å². The molecule has 3 aromatic rings. The van der Waals surface area contributed by atoms with Crippen LogP contribution in [0.5, 0.6) is 11.5 Å². The molecule has 2 amide bonds. The monoisotopic (exact) mass is 458 g/mol. The smallest absolute Gasteiger partial charge is 0.251 e. The van der Waals surface area contributed by atoms with Crippen LogP contribution in [0.3, 0.4) is 0 Å². The number of para-hydroxylation sites is 1. The molecule has 34 heavy (non-hydrogen) atoms. The number of likely N-dealkylation sites (N-methyl/N-ethyl adjacent to an activating group) is 1. The quantitative estimate of drug-likeness (QED) is 0.562. The second-order valence-electron chi connectivity index (χ2n) is 8.46. The highest BCUT2D eigenvalue weighted by atomic mass is 16.5. The van der Waals surface area contributed by atoms with Crippen molar-refractivity contribution < 1.29 is 14.3 Å². The van der Waals surface area contributed by atoms with Gasteiger partial charge in [-0.15, -0.1) is 0 Å². The molecule has 1 heterocycles. The maximum atomic E-state index is 12.4. The van der Waals surface area contributed by atoms with Crippen molar-refractivity contribution in [3.8, 4) is 11.5 Å². The lowest BCUT2D eigenvalue weighted by atomic mass is 10.1. The Morgan fingerprint density at radius 3 is 2.24 bits per heavy atom. The predicted octanol–water partition coefficient (Wildman–Crippen LogP) is 3.91. The molecule has 0 spiro atoms. The number of benzene rings is 3. The maximum absolute atomic E-state index is 12.4. The summed E-state index contributed by atoms with van der Waals surface area (Å²) in [6, 6.07) is 22.3. The summed E-state index contributed by atoms with van der Waals surface area (Å²) >= 11 is 0. The van der Waals surface area contributed by atoms with Crippen LogP contribution < -0.4 is 20.3 Å². The Labute approximate surface area is 200 Å². The molecule has 176 valence electrons. The number of amides is 2. The third-order valence-electron chi connectivity index (χ3n) is 5.86. The first-order valence-corrected chi connectivity index (χ1v) is 11.4. The van der Waals surface area contributed by atoms with Crippen LogP contribution in [0.2, 0.25) is 0 Å². The maximum Gasteiger partial charge on any atom is 0.251 e. The Morgan fingerprint density at radius 2 is 1.56 bits per heavy atom. The van der Waals surface area contributed by atoms with Crippen LogP contribution in [0.15, 0.2) is 72.8 Å². The normalized spacial score (nSPS) is 13.9. The molecule has 0 saturated carbocycles. The number of rotatable bonds is 7. The molecule has 0 aromatic heterocycles. The second kappa shape index (κ2) is 10.9. The molecule has 7 heteroatoms. The summed E-state index contributed by atoms with van der Waals surface area (Å²) in [4.78, 5) is 29.5. The van der Waals surface area contributed by atoms with Crippen molar-refractivity contribution in [1.82, 2.24) is 10.2 Å². The third kappa shape index (κ3) is 6.14. The van der Waals surface area contributed by atoms with Crippen LogP contribution in [0.1, 0.15) is 15.9 Å². The number of carbonyl (C=O) groups is 2. The van der Waals surface area contributed by atoms with Crippen LogP contribution in [0.25, 0.3) is 0 Å². The molecule has 7 nitrogen and oxygen atoms in total. The minimum atomic E-state index is -0.316. The lowest BCUT2D eigenvalue weighted by molar-refractivity contribution is -0.115. The van der Waals surface area contributed by atoms with Gasteiger partial charge in [0.05, 0.1) is 6.54 Å². The zero-order valence-electron chi connectivity index (χ0n) is 19.6. The zero-order valence-corrected chi connectivity index (χ0v) is 19.6. The van der Waals surface area contributed by atoms with Gasteiger partial charge < -0.3 is 25.2 Å². The average Bonchev–Trinajstić information content (AvgIpc) is 2.85. The fourth-order valence-electron chi connectivity index (χ4n) is 3.81.